The quantitative estimate of drug-likeness (QED) is 0.798. The molecule has 134 valence electrons. The summed E-state index contributed by atoms with van der Waals surface area (Å²) in [5.41, 5.74) is 0.747. The molecule has 2 aromatic rings. The molecule has 1 fully saturated rings. The van der Waals surface area contributed by atoms with Crippen molar-refractivity contribution in [3.05, 3.63) is 40.9 Å². The molecule has 1 aliphatic heterocycles. The minimum atomic E-state index is -3.34. The number of likely N-dealkylation sites (tertiary alicyclic amines) is 1. The van der Waals surface area contributed by atoms with E-state index in [1.165, 1.54) is 0 Å². The number of amides is 1. The molecule has 2 heterocycles. The predicted molar refractivity (Wildman–Crippen MR) is 96.5 cm³/mol. The Morgan fingerprint density at radius 3 is 2.56 bits per heavy atom. The summed E-state index contributed by atoms with van der Waals surface area (Å²) in [6.07, 6.45) is 2.55. The van der Waals surface area contributed by atoms with E-state index in [1.54, 1.807) is 35.2 Å². The van der Waals surface area contributed by atoms with Crippen LogP contribution < -0.4 is 0 Å². The Hall–Kier alpha value is -1.80. The molecule has 1 aliphatic rings. The van der Waals surface area contributed by atoms with Gasteiger partial charge in [-0.2, -0.15) is 0 Å². The summed E-state index contributed by atoms with van der Waals surface area (Å²) >= 11 is 1.12. The van der Waals surface area contributed by atoms with Crippen LogP contribution in [-0.4, -0.2) is 47.2 Å². The first-order valence-corrected chi connectivity index (χ1v) is 10.8. The van der Waals surface area contributed by atoms with Gasteiger partial charge in [0.2, 0.25) is 0 Å². The Kier molecular flexibility index (Phi) is 5.48. The fourth-order valence-corrected chi connectivity index (χ4v) is 5.52. The monoisotopic (exact) mass is 379 g/mol. The number of carbonyl (C=O) groups excluding carboxylic acids is 1. The second-order valence-corrected chi connectivity index (χ2v) is 9.13. The van der Waals surface area contributed by atoms with E-state index in [1.807, 2.05) is 6.92 Å². The number of carbonyl (C=O) groups is 1. The van der Waals surface area contributed by atoms with Crippen molar-refractivity contribution < 1.29 is 13.2 Å². The number of hydrogen-bond acceptors (Lipinski definition) is 6. The second-order valence-electron chi connectivity index (χ2n) is 6.15. The largest absolute Gasteiger partial charge is 0.338 e. The zero-order valence-electron chi connectivity index (χ0n) is 14.1. The highest BCUT2D eigenvalue weighted by Gasteiger charge is 2.33. The van der Waals surface area contributed by atoms with Gasteiger partial charge in [0.25, 0.3) is 5.91 Å². The highest BCUT2D eigenvalue weighted by Crippen LogP contribution is 2.26. The van der Waals surface area contributed by atoms with Crippen molar-refractivity contribution >= 4 is 27.3 Å². The summed E-state index contributed by atoms with van der Waals surface area (Å²) in [6, 6.07) is 8.53. The molecule has 8 heteroatoms. The predicted octanol–water partition coefficient (Wildman–Crippen LogP) is 2.57. The van der Waals surface area contributed by atoms with Gasteiger partial charge in [-0.05, 0) is 42.9 Å². The second kappa shape index (κ2) is 7.61. The van der Waals surface area contributed by atoms with Crippen molar-refractivity contribution in [1.29, 1.82) is 0 Å². The lowest BCUT2D eigenvalue weighted by Crippen LogP contribution is -2.42. The summed E-state index contributed by atoms with van der Waals surface area (Å²) in [4.78, 5) is 15.4. The molecule has 3 rings (SSSR count). The molecule has 1 aromatic carbocycles. The standard InChI is InChI=1S/C17H21N3O3S2/c1-2-6-15-16(24-19-18-15)17(21)20-11-9-14(10-12-20)25(22,23)13-7-4-3-5-8-13/h3-5,7-8,14H,2,6,9-12H2,1H3. The van der Waals surface area contributed by atoms with Crippen LogP contribution >= 0.6 is 11.5 Å². The topological polar surface area (TPSA) is 80.2 Å². The van der Waals surface area contributed by atoms with Crippen molar-refractivity contribution in [1.82, 2.24) is 14.5 Å². The molecule has 6 nitrogen and oxygen atoms in total. The van der Waals surface area contributed by atoms with Gasteiger partial charge in [-0.3, -0.25) is 4.79 Å². The minimum absolute atomic E-state index is 0.0750. The lowest BCUT2D eigenvalue weighted by atomic mass is 10.1. The van der Waals surface area contributed by atoms with Crippen molar-refractivity contribution in [2.45, 2.75) is 42.8 Å². The van der Waals surface area contributed by atoms with Gasteiger partial charge < -0.3 is 4.90 Å². The van der Waals surface area contributed by atoms with E-state index in [2.05, 4.69) is 9.59 Å². The zero-order valence-corrected chi connectivity index (χ0v) is 15.7. The number of aromatic nitrogens is 2. The van der Waals surface area contributed by atoms with Crippen molar-refractivity contribution in [3.8, 4) is 0 Å². The third kappa shape index (κ3) is 3.74. The van der Waals surface area contributed by atoms with Crippen LogP contribution in [0, 0.1) is 0 Å². The Morgan fingerprint density at radius 1 is 1.24 bits per heavy atom. The molecule has 0 N–H and O–H groups in total. The summed E-state index contributed by atoms with van der Waals surface area (Å²) in [5.74, 6) is -0.0750. The van der Waals surface area contributed by atoms with Gasteiger partial charge in [-0.15, -0.1) is 5.10 Å². The van der Waals surface area contributed by atoms with Crippen LogP contribution in [0.3, 0.4) is 0 Å². The summed E-state index contributed by atoms with van der Waals surface area (Å²) in [7, 11) is -3.34. The molecule has 0 radical (unpaired) electrons. The van der Waals surface area contributed by atoms with E-state index in [0.717, 1.165) is 30.1 Å². The van der Waals surface area contributed by atoms with Crippen LogP contribution in [0.2, 0.25) is 0 Å². The molecular weight excluding hydrogens is 358 g/mol. The minimum Gasteiger partial charge on any atom is -0.338 e. The van der Waals surface area contributed by atoms with Gasteiger partial charge >= 0.3 is 0 Å². The number of hydrogen-bond donors (Lipinski definition) is 0. The van der Waals surface area contributed by atoms with Crippen molar-refractivity contribution in [3.63, 3.8) is 0 Å². The third-order valence-corrected chi connectivity index (χ3v) is 7.51. The van der Waals surface area contributed by atoms with Crippen molar-refractivity contribution in [2.75, 3.05) is 13.1 Å². The van der Waals surface area contributed by atoms with E-state index in [4.69, 9.17) is 0 Å². The van der Waals surface area contributed by atoms with E-state index in [-0.39, 0.29) is 5.91 Å². The van der Waals surface area contributed by atoms with Crippen LogP contribution in [0.5, 0.6) is 0 Å². The maximum Gasteiger partial charge on any atom is 0.267 e. The molecular formula is C17H21N3O3S2. The van der Waals surface area contributed by atoms with Crippen molar-refractivity contribution in [2.24, 2.45) is 0 Å². The maximum absolute atomic E-state index is 12.7. The maximum atomic E-state index is 12.7. The SMILES string of the molecule is CCCc1nnsc1C(=O)N1CCC(S(=O)(=O)c2ccccc2)CC1. The first-order chi connectivity index (χ1) is 12.0. The molecule has 1 saturated heterocycles. The summed E-state index contributed by atoms with van der Waals surface area (Å²) < 4.78 is 29.3. The van der Waals surface area contributed by atoms with Crippen LogP contribution in [0.15, 0.2) is 35.2 Å². The smallest absolute Gasteiger partial charge is 0.267 e. The van der Waals surface area contributed by atoms with Crippen LogP contribution in [0.1, 0.15) is 41.6 Å². The Balaban J connectivity index is 1.68. The number of rotatable bonds is 5. The van der Waals surface area contributed by atoms with Gasteiger partial charge in [0.05, 0.1) is 15.8 Å². The fraction of sp³-hybridized carbons (Fsp3) is 0.471. The lowest BCUT2D eigenvalue weighted by molar-refractivity contribution is 0.0729. The van der Waals surface area contributed by atoms with Crippen LogP contribution in [0.4, 0.5) is 0 Å². The van der Waals surface area contributed by atoms with Gasteiger partial charge in [-0.1, -0.05) is 36.0 Å². The highest BCUT2D eigenvalue weighted by atomic mass is 32.2. The fourth-order valence-electron chi connectivity index (χ4n) is 3.09. The molecule has 25 heavy (non-hydrogen) atoms. The average Bonchev–Trinajstić information content (AvgIpc) is 3.10. The van der Waals surface area contributed by atoms with Gasteiger partial charge in [0.15, 0.2) is 9.84 Å². The third-order valence-electron chi connectivity index (χ3n) is 4.48. The highest BCUT2D eigenvalue weighted by molar-refractivity contribution is 7.92. The molecule has 0 bridgehead atoms. The molecule has 0 aliphatic carbocycles. The number of benzene rings is 1. The van der Waals surface area contributed by atoms with Crippen LogP contribution in [-0.2, 0) is 16.3 Å². The molecule has 1 aromatic heterocycles. The van der Waals surface area contributed by atoms with E-state index >= 15 is 0 Å². The van der Waals surface area contributed by atoms with Gasteiger partial charge in [0.1, 0.15) is 4.88 Å². The first-order valence-electron chi connectivity index (χ1n) is 8.43. The van der Waals surface area contributed by atoms with Crippen LogP contribution in [0.25, 0.3) is 0 Å². The normalized spacial score (nSPS) is 16.1. The Morgan fingerprint density at radius 2 is 1.92 bits per heavy atom. The molecule has 0 atom stereocenters. The Bertz CT molecular complexity index is 826. The average molecular weight is 380 g/mol. The number of nitrogens with zero attached hydrogens (tertiary/aromatic N) is 3. The lowest BCUT2D eigenvalue weighted by Gasteiger charge is -2.31. The van der Waals surface area contributed by atoms with E-state index in [9.17, 15) is 13.2 Å². The molecule has 1 amide bonds. The Labute approximate surface area is 152 Å². The number of sulfone groups is 1. The van der Waals surface area contributed by atoms with E-state index in [0.29, 0.717) is 35.7 Å². The molecule has 0 saturated carbocycles. The summed E-state index contributed by atoms with van der Waals surface area (Å²) in [5, 5.41) is 3.60. The van der Waals surface area contributed by atoms with Gasteiger partial charge in [-0.25, -0.2) is 8.42 Å². The van der Waals surface area contributed by atoms with E-state index < -0.39 is 15.1 Å². The molecule has 0 unspecified atom stereocenters. The summed E-state index contributed by atoms with van der Waals surface area (Å²) in [6.45, 7) is 2.92. The number of piperidine rings is 1. The zero-order chi connectivity index (χ0) is 17.9. The first kappa shape index (κ1) is 18.0. The number of aryl methyl sites for hydroxylation is 1. The van der Waals surface area contributed by atoms with Gasteiger partial charge in [0, 0.05) is 13.1 Å². The molecule has 0 spiro atoms.